The van der Waals surface area contributed by atoms with Gasteiger partial charge in [-0.1, -0.05) is 12.1 Å². The Morgan fingerprint density at radius 1 is 1.38 bits per heavy atom. The number of aromatic carboxylic acids is 1. The summed E-state index contributed by atoms with van der Waals surface area (Å²) in [6, 6.07) is -0.188. The van der Waals surface area contributed by atoms with Crippen LogP contribution < -0.4 is 21.8 Å². The molecule has 1 aromatic heterocycles. The number of pyridine rings is 1. The molecule has 174 valence electrons. The summed E-state index contributed by atoms with van der Waals surface area (Å²) in [5.41, 5.74) is 8.91. The molecule has 1 atom stereocenters. The van der Waals surface area contributed by atoms with Crippen LogP contribution >= 0.6 is 12.4 Å². The molecule has 5 N–H and O–H groups in total. The third-order valence-corrected chi connectivity index (χ3v) is 6.08. The summed E-state index contributed by atoms with van der Waals surface area (Å²) in [6.45, 7) is 2.20. The topological polar surface area (TPSA) is 136 Å². The highest BCUT2D eigenvalue weighted by atomic mass is 35.5. The van der Waals surface area contributed by atoms with E-state index in [1.54, 1.807) is 0 Å². The normalized spacial score (nSPS) is 21.8. The average Bonchev–Trinajstić information content (AvgIpc) is 3.51. The average molecular weight is 472 g/mol. The van der Waals surface area contributed by atoms with Crippen molar-refractivity contribution in [2.24, 2.45) is 16.3 Å². The quantitative estimate of drug-likeness (QED) is 0.448. The molecule has 0 radical (unpaired) electrons. The van der Waals surface area contributed by atoms with Gasteiger partial charge in [0.2, 0.25) is 5.43 Å². The van der Waals surface area contributed by atoms with E-state index >= 15 is 8.78 Å². The van der Waals surface area contributed by atoms with Crippen molar-refractivity contribution < 1.29 is 23.5 Å². The second-order valence-corrected chi connectivity index (χ2v) is 8.27. The highest BCUT2D eigenvalue weighted by Gasteiger charge is 2.43. The van der Waals surface area contributed by atoms with Gasteiger partial charge in [0.25, 0.3) is 0 Å². The third kappa shape index (κ3) is 3.45. The van der Waals surface area contributed by atoms with E-state index in [1.807, 2.05) is 6.92 Å². The van der Waals surface area contributed by atoms with Gasteiger partial charge in [0.05, 0.1) is 28.8 Å². The fourth-order valence-electron chi connectivity index (χ4n) is 4.15. The number of oxime groups is 1. The van der Waals surface area contributed by atoms with E-state index in [0.29, 0.717) is 18.6 Å². The molecule has 9 nitrogen and oxygen atoms in total. The van der Waals surface area contributed by atoms with E-state index in [-0.39, 0.29) is 43.6 Å². The molecule has 0 spiro atoms. The standard InChI is InChI=1S/C20H23F2N5O4.ClH/c1-20(7-23)8-26(6-11(20)25-31-2)17-13(21)15(24)12-16(14(17)22)27(9-3-4-9)5-10(18(12)28)19(29)30;/h5,9H,3-4,6-8,23-24H2,1-2H3,(H,29,30);1H. The molecule has 2 fully saturated rings. The first-order chi connectivity index (χ1) is 14.6. The summed E-state index contributed by atoms with van der Waals surface area (Å²) < 4.78 is 32.6. The van der Waals surface area contributed by atoms with E-state index in [9.17, 15) is 14.7 Å². The van der Waals surface area contributed by atoms with Crippen LogP contribution in [0.25, 0.3) is 10.9 Å². The van der Waals surface area contributed by atoms with Crippen LogP contribution in [0.5, 0.6) is 0 Å². The van der Waals surface area contributed by atoms with Crippen molar-refractivity contribution in [1.82, 2.24) is 4.57 Å². The number of nitrogen functional groups attached to an aromatic ring is 1. The Bertz CT molecular complexity index is 1200. The van der Waals surface area contributed by atoms with Gasteiger partial charge in [0.1, 0.15) is 18.4 Å². The largest absolute Gasteiger partial charge is 0.477 e. The number of fused-ring (bicyclic) bond motifs is 1. The Balaban J connectivity index is 0.00000289. The maximum atomic E-state index is 15.8. The zero-order valence-electron chi connectivity index (χ0n) is 17.5. The summed E-state index contributed by atoms with van der Waals surface area (Å²) in [4.78, 5) is 30.6. The molecule has 1 aliphatic carbocycles. The van der Waals surface area contributed by atoms with Gasteiger partial charge in [-0.15, -0.1) is 12.4 Å². The summed E-state index contributed by atoms with van der Waals surface area (Å²) >= 11 is 0. The molecule has 1 saturated heterocycles. The fourth-order valence-corrected chi connectivity index (χ4v) is 4.15. The number of aromatic nitrogens is 1. The van der Waals surface area contributed by atoms with Gasteiger partial charge in [-0.25, -0.2) is 13.6 Å². The smallest absolute Gasteiger partial charge is 0.341 e. The van der Waals surface area contributed by atoms with E-state index in [2.05, 4.69) is 5.16 Å². The fraction of sp³-hybridized carbons (Fsp3) is 0.450. The molecular formula is C20H24ClF2N5O4. The van der Waals surface area contributed by atoms with Gasteiger partial charge in [-0.3, -0.25) is 4.79 Å². The summed E-state index contributed by atoms with van der Waals surface area (Å²) in [5, 5.41) is 12.9. The molecule has 12 heteroatoms. The SMILES string of the molecule is CON=C1CN(c2c(F)c(N)c3c(=O)c(C(=O)O)cn(C4CC4)c3c2F)CC1(C)CN.Cl. The van der Waals surface area contributed by atoms with Crippen LogP contribution in [0.3, 0.4) is 0 Å². The number of carbonyl (C=O) groups is 1. The number of nitrogens with zero attached hydrogens (tertiary/aromatic N) is 3. The van der Waals surface area contributed by atoms with E-state index in [4.69, 9.17) is 16.3 Å². The summed E-state index contributed by atoms with van der Waals surface area (Å²) in [7, 11) is 1.37. The lowest BCUT2D eigenvalue weighted by molar-refractivity contribution is 0.0695. The molecule has 2 aliphatic rings. The van der Waals surface area contributed by atoms with Gasteiger partial charge in [-0.2, -0.15) is 0 Å². The van der Waals surface area contributed by atoms with E-state index in [1.165, 1.54) is 16.6 Å². The van der Waals surface area contributed by atoms with E-state index in [0.717, 1.165) is 6.20 Å². The number of carboxylic acids is 1. The highest BCUT2D eigenvalue weighted by Crippen LogP contribution is 2.43. The van der Waals surface area contributed by atoms with Crippen LogP contribution in [0.4, 0.5) is 20.2 Å². The van der Waals surface area contributed by atoms with Crippen molar-refractivity contribution in [2.75, 3.05) is 37.4 Å². The van der Waals surface area contributed by atoms with Crippen molar-refractivity contribution in [2.45, 2.75) is 25.8 Å². The van der Waals surface area contributed by atoms with Crippen LogP contribution in [0.2, 0.25) is 0 Å². The number of hydrogen-bond acceptors (Lipinski definition) is 7. The predicted octanol–water partition coefficient (Wildman–Crippen LogP) is 2.10. The first-order valence-corrected chi connectivity index (χ1v) is 9.78. The maximum absolute atomic E-state index is 15.8. The first kappa shape index (κ1) is 23.7. The summed E-state index contributed by atoms with van der Waals surface area (Å²) in [5.74, 6) is -3.57. The number of benzene rings is 1. The highest BCUT2D eigenvalue weighted by molar-refractivity contribution is 6.02. The minimum absolute atomic E-state index is 0. The van der Waals surface area contributed by atoms with E-state index < -0.39 is 50.8 Å². The molecule has 1 aliphatic heterocycles. The van der Waals surface area contributed by atoms with Crippen LogP contribution in [0, 0.1) is 17.0 Å². The predicted molar refractivity (Wildman–Crippen MR) is 119 cm³/mol. The minimum atomic E-state index is -1.48. The van der Waals surface area contributed by atoms with Crippen LogP contribution in [0.15, 0.2) is 16.1 Å². The van der Waals surface area contributed by atoms with Crippen molar-refractivity contribution in [3.63, 3.8) is 0 Å². The Hall–Kier alpha value is -2.92. The molecule has 4 rings (SSSR count). The lowest BCUT2D eigenvalue weighted by atomic mass is 9.88. The molecule has 0 amide bonds. The van der Waals surface area contributed by atoms with Gasteiger partial charge in [-0.05, 0) is 12.8 Å². The Morgan fingerprint density at radius 2 is 2.03 bits per heavy atom. The molecule has 0 bridgehead atoms. The molecule has 1 unspecified atom stereocenters. The Labute approximate surface area is 188 Å². The maximum Gasteiger partial charge on any atom is 0.341 e. The Kier molecular flexibility index (Phi) is 6.09. The second kappa shape index (κ2) is 8.21. The lowest BCUT2D eigenvalue weighted by Crippen LogP contribution is -2.36. The lowest BCUT2D eigenvalue weighted by Gasteiger charge is -2.25. The number of carboxylic acid groups (broad SMARTS) is 1. The molecular weight excluding hydrogens is 448 g/mol. The van der Waals surface area contributed by atoms with Crippen molar-refractivity contribution >= 4 is 46.4 Å². The molecule has 2 aromatic rings. The number of rotatable bonds is 5. The zero-order chi connectivity index (χ0) is 22.7. The Morgan fingerprint density at radius 3 is 2.56 bits per heavy atom. The molecule has 1 saturated carbocycles. The number of anilines is 2. The first-order valence-electron chi connectivity index (χ1n) is 9.78. The minimum Gasteiger partial charge on any atom is -0.477 e. The number of hydrogen-bond donors (Lipinski definition) is 3. The molecule has 1 aromatic carbocycles. The third-order valence-electron chi connectivity index (χ3n) is 6.08. The van der Waals surface area contributed by atoms with Crippen molar-refractivity contribution in [3.8, 4) is 0 Å². The molecule has 2 heterocycles. The van der Waals surface area contributed by atoms with Gasteiger partial charge in [0.15, 0.2) is 11.6 Å². The van der Waals surface area contributed by atoms with Crippen molar-refractivity contribution in [3.05, 3.63) is 33.6 Å². The van der Waals surface area contributed by atoms with Gasteiger partial charge in [0, 0.05) is 30.7 Å². The summed E-state index contributed by atoms with van der Waals surface area (Å²) in [6.07, 6.45) is 2.48. The van der Waals surface area contributed by atoms with Gasteiger partial charge >= 0.3 is 5.97 Å². The van der Waals surface area contributed by atoms with Crippen molar-refractivity contribution in [1.29, 1.82) is 0 Å². The zero-order valence-corrected chi connectivity index (χ0v) is 18.3. The van der Waals surface area contributed by atoms with Crippen LogP contribution in [-0.4, -0.2) is 48.1 Å². The van der Waals surface area contributed by atoms with Crippen LogP contribution in [0.1, 0.15) is 36.2 Å². The number of nitrogens with two attached hydrogens (primary N) is 2. The van der Waals surface area contributed by atoms with Gasteiger partial charge < -0.3 is 30.9 Å². The van der Waals surface area contributed by atoms with Crippen LogP contribution in [-0.2, 0) is 4.84 Å². The monoisotopic (exact) mass is 471 g/mol. The molecule has 32 heavy (non-hydrogen) atoms. The second-order valence-electron chi connectivity index (χ2n) is 8.27. The number of halogens is 3.